The number of ether oxygens (including phenoxy) is 1. The zero-order valence-electron chi connectivity index (χ0n) is 12.7. The van der Waals surface area contributed by atoms with Crippen molar-refractivity contribution in [3.63, 3.8) is 0 Å². The van der Waals surface area contributed by atoms with Crippen LogP contribution in [0.15, 0.2) is 10.7 Å². The van der Waals surface area contributed by atoms with Crippen LogP contribution in [0.1, 0.15) is 52.3 Å². The van der Waals surface area contributed by atoms with Gasteiger partial charge in [0.1, 0.15) is 0 Å². The Morgan fingerprint density at radius 2 is 2.00 bits per heavy atom. The fraction of sp³-hybridized carbons (Fsp3) is 0.786. The fourth-order valence-corrected chi connectivity index (χ4v) is 3.24. The van der Waals surface area contributed by atoms with Gasteiger partial charge in [0.15, 0.2) is 0 Å². The van der Waals surface area contributed by atoms with E-state index in [4.69, 9.17) is 4.74 Å². The molecule has 0 saturated carbocycles. The largest absolute Gasteiger partial charge is 0.376 e. The summed E-state index contributed by atoms with van der Waals surface area (Å²) in [5, 5.41) is 8.01. The summed E-state index contributed by atoms with van der Waals surface area (Å²) < 4.78 is 8.99. The number of rotatable bonds is 8. The van der Waals surface area contributed by atoms with E-state index in [2.05, 4.69) is 54.0 Å². The van der Waals surface area contributed by atoms with Gasteiger partial charge >= 0.3 is 0 Å². The zero-order valence-corrected chi connectivity index (χ0v) is 14.2. The van der Waals surface area contributed by atoms with Crippen molar-refractivity contribution in [3.8, 4) is 0 Å². The molecule has 5 heteroatoms. The molecule has 0 spiro atoms. The lowest BCUT2D eigenvalue weighted by molar-refractivity contribution is -0.0504. The summed E-state index contributed by atoms with van der Waals surface area (Å²) in [4.78, 5) is 0. The number of nitrogens with one attached hydrogen (secondary N) is 1. The number of nitrogens with zero attached hydrogens (tertiary/aromatic N) is 2. The maximum atomic E-state index is 5.90. The van der Waals surface area contributed by atoms with Crippen molar-refractivity contribution in [2.45, 2.75) is 58.7 Å². The third-order valence-electron chi connectivity index (χ3n) is 3.94. The summed E-state index contributed by atoms with van der Waals surface area (Å²) in [6.07, 6.45) is 3.78. The number of methoxy groups -OCH3 is 1. The van der Waals surface area contributed by atoms with Crippen LogP contribution in [0.25, 0.3) is 0 Å². The van der Waals surface area contributed by atoms with Crippen molar-refractivity contribution < 1.29 is 4.74 Å². The Labute approximate surface area is 125 Å². The molecule has 0 saturated heterocycles. The van der Waals surface area contributed by atoms with Gasteiger partial charge in [0, 0.05) is 13.7 Å². The molecule has 1 atom stereocenters. The van der Waals surface area contributed by atoms with Gasteiger partial charge in [-0.2, -0.15) is 5.10 Å². The third-order valence-corrected chi connectivity index (χ3v) is 4.55. The predicted octanol–water partition coefficient (Wildman–Crippen LogP) is 3.52. The molecule has 0 bridgehead atoms. The molecular weight excluding hydrogens is 306 g/mol. The molecule has 1 rings (SSSR count). The maximum absolute atomic E-state index is 5.90. The molecular formula is C14H26BrN3O. The third kappa shape index (κ3) is 3.20. The van der Waals surface area contributed by atoms with Gasteiger partial charge in [-0.05, 0) is 42.2 Å². The van der Waals surface area contributed by atoms with E-state index in [-0.39, 0.29) is 11.6 Å². The lowest BCUT2D eigenvalue weighted by Gasteiger charge is -2.39. The molecule has 19 heavy (non-hydrogen) atoms. The number of likely N-dealkylation sites (N-methyl/N-ethyl adjacent to an activating group) is 1. The average Bonchev–Trinajstić information content (AvgIpc) is 2.81. The van der Waals surface area contributed by atoms with E-state index in [0.29, 0.717) is 0 Å². The molecule has 0 aromatic carbocycles. The molecule has 4 nitrogen and oxygen atoms in total. The van der Waals surface area contributed by atoms with E-state index in [9.17, 15) is 0 Å². The van der Waals surface area contributed by atoms with Crippen LogP contribution in [-0.4, -0.2) is 29.0 Å². The van der Waals surface area contributed by atoms with Crippen molar-refractivity contribution >= 4 is 15.9 Å². The van der Waals surface area contributed by atoms with Gasteiger partial charge in [-0.25, -0.2) is 0 Å². The van der Waals surface area contributed by atoms with E-state index in [1.165, 1.54) is 5.69 Å². The number of hydrogen-bond donors (Lipinski definition) is 1. The first-order valence-electron chi connectivity index (χ1n) is 7.09. The minimum absolute atomic E-state index is 0.134. The molecule has 110 valence electrons. The molecule has 1 aromatic rings. The van der Waals surface area contributed by atoms with Crippen LogP contribution in [0.2, 0.25) is 0 Å². The number of aryl methyl sites for hydroxylation is 1. The lowest BCUT2D eigenvalue weighted by Crippen LogP contribution is -2.46. The monoisotopic (exact) mass is 331 g/mol. The minimum Gasteiger partial charge on any atom is -0.376 e. The Kier molecular flexibility index (Phi) is 6.50. The molecule has 1 N–H and O–H groups in total. The second kappa shape index (κ2) is 7.41. The normalized spacial score (nSPS) is 13.8. The van der Waals surface area contributed by atoms with Gasteiger partial charge in [0.2, 0.25) is 0 Å². The Hall–Kier alpha value is -0.390. The summed E-state index contributed by atoms with van der Waals surface area (Å²) in [7, 11) is 1.80. The summed E-state index contributed by atoms with van der Waals surface area (Å²) in [5.41, 5.74) is 0.973. The maximum Gasteiger partial charge on any atom is 0.0882 e. The topological polar surface area (TPSA) is 39.1 Å². The summed E-state index contributed by atoms with van der Waals surface area (Å²) >= 11 is 3.63. The van der Waals surface area contributed by atoms with Gasteiger partial charge < -0.3 is 10.1 Å². The minimum atomic E-state index is -0.203. The fourth-order valence-electron chi connectivity index (χ4n) is 2.71. The van der Waals surface area contributed by atoms with Crippen molar-refractivity contribution in [2.24, 2.45) is 0 Å². The van der Waals surface area contributed by atoms with Crippen LogP contribution in [-0.2, 0) is 11.3 Å². The lowest BCUT2D eigenvalue weighted by atomic mass is 9.86. The van der Waals surface area contributed by atoms with E-state index in [1.54, 1.807) is 7.11 Å². The highest BCUT2D eigenvalue weighted by atomic mass is 79.9. The molecule has 1 aromatic heterocycles. The van der Waals surface area contributed by atoms with E-state index < -0.39 is 0 Å². The van der Waals surface area contributed by atoms with Crippen LogP contribution < -0.4 is 5.32 Å². The molecule has 1 heterocycles. The molecule has 0 fully saturated rings. The predicted molar refractivity (Wildman–Crippen MR) is 82.3 cm³/mol. The van der Waals surface area contributed by atoms with Crippen LogP contribution in [0.4, 0.5) is 0 Å². The SMILES string of the molecule is CCNC(c1c(Br)cnn1CC)C(CC)(CC)OC. The van der Waals surface area contributed by atoms with Gasteiger partial charge in [-0.15, -0.1) is 0 Å². The van der Waals surface area contributed by atoms with Gasteiger partial charge in [-0.1, -0.05) is 20.8 Å². The Balaban J connectivity index is 3.29. The van der Waals surface area contributed by atoms with Crippen molar-refractivity contribution in [1.82, 2.24) is 15.1 Å². The van der Waals surface area contributed by atoms with Gasteiger partial charge in [-0.3, -0.25) is 4.68 Å². The zero-order chi connectivity index (χ0) is 14.5. The second-order valence-corrected chi connectivity index (χ2v) is 5.51. The standard InChI is InChI=1S/C14H26BrN3O/c1-6-14(7-2,19-5)13(16-8-3)12-11(15)10-17-18(12)9-4/h10,13,16H,6-9H2,1-5H3. The van der Waals surface area contributed by atoms with E-state index >= 15 is 0 Å². The van der Waals surface area contributed by atoms with Crippen molar-refractivity contribution in [1.29, 1.82) is 0 Å². The van der Waals surface area contributed by atoms with Crippen LogP contribution in [0, 0.1) is 0 Å². The molecule has 0 amide bonds. The van der Waals surface area contributed by atoms with Crippen LogP contribution in [0.3, 0.4) is 0 Å². The van der Waals surface area contributed by atoms with E-state index in [0.717, 1.165) is 30.4 Å². The van der Waals surface area contributed by atoms with Gasteiger partial charge in [0.05, 0.1) is 28.0 Å². The Bertz CT molecular complexity index is 380. The highest BCUT2D eigenvalue weighted by Crippen LogP contribution is 2.37. The van der Waals surface area contributed by atoms with Gasteiger partial charge in [0.25, 0.3) is 0 Å². The highest BCUT2D eigenvalue weighted by molar-refractivity contribution is 9.10. The molecule has 0 aliphatic carbocycles. The van der Waals surface area contributed by atoms with Crippen molar-refractivity contribution in [3.05, 3.63) is 16.4 Å². The van der Waals surface area contributed by atoms with Crippen LogP contribution >= 0.6 is 15.9 Å². The molecule has 0 radical (unpaired) electrons. The Morgan fingerprint density at radius 1 is 1.37 bits per heavy atom. The first kappa shape index (κ1) is 16.7. The quantitative estimate of drug-likeness (QED) is 0.792. The molecule has 0 aliphatic heterocycles. The van der Waals surface area contributed by atoms with Crippen LogP contribution in [0.5, 0.6) is 0 Å². The number of aromatic nitrogens is 2. The van der Waals surface area contributed by atoms with E-state index in [1.807, 2.05) is 10.9 Å². The average molecular weight is 332 g/mol. The number of halogens is 1. The first-order chi connectivity index (χ1) is 9.10. The molecule has 1 unspecified atom stereocenters. The summed E-state index contributed by atoms with van der Waals surface area (Å²) in [6.45, 7) is 10.3. The number of hydrogen-bond acceptors (Lipinski definition) is 3. The highest BCUT2D eigenvalue weighted by Gasteiger charge is 2.39. The first-order valence-corrected chi connectivity index (χ1v) is 7.89. The Morgan fingerprint density at radius 3 is 2.42 bits per heavy atom. The molecule has 0 aliphatic rings. The summed E-state index contributed by atoms with van der Waals surface area (Å²) in [6, 6.07) is 0.134. The second-order valence-electron chi connectivity index (χ2n) is 4.66. The summed E-state index contributed by atoms with van der Waals surface area (Å²) in [5.74, 6) is 0. The van der Waals surface area contributed by atoms with Crippen molar-refractivity contribution in [2.75, 3.05) is 13.7 Å². The smallest absolute Gasteiger partial charge is 0.0882 e.